The molecule has 0 aliphatic carbocycles. The van der Waals surface area contributed by atoms with E-state index >= 15 is 0 Å². The Balaban J connectivity index is 1.80. The van der Waals surface area contributed by atoms with E-state index in [-0.39, 0.29) is 17.0 Å². The lowest BCUT2D eigenvalue weighted by Crippen LogP contribution is -2.22. The molecule has 126 valence electrons. The molecule has 2 N–H and O–H groups in total. The molecule has 3 aromatic rings. The highest BCUT2D eigenvalue weighted by Crippen LogP contribution is 2.23. The summed E-state index contributed by atoms with van der Waals surface area (Å²) >= 11 is 5.86. The lowest BCUT2D eigenvalue weighted by molar-refractivity contribution is 0.102. The van der Waals surface area contributed by atoms with Gasteiger partial charge in [-0.2, -0.15) is 0 Å². The number of benzene rings is 2. The number of amides is 1. The molecule has 7 heteroatoms. The van der Waals surface area contributed by atoms with Crippen LogP contribution in [0.2, 0.25) is 5.02 Å². The van der Waals surface area contributed by atoms with E-state index in [1.165, 1.54) is 29.0 Å². The molecule has 1 aromatic heterocycles. The minimum Gasteiger partial charge on any atom is -0.507 e. The summed E-state index contributed by atoms with van der Waals surface area (Å²) < 4.78 is 1.46. The van der Waals surface area contributed by atoms with Crippen LogP contribution >= 0.6 is 11.6 Å². The van der Waals surface area contributed by atoms with E-state index in [4.69, 9.17) is 11.6 Å². The van der Waals surface area contributed by atoms with Crippen molar-refractivity contribution in [1.82, 2.24) is 9.55 Å². The van der Waals surface area contributed by atoms with Gasteiger partial charge in [0.05, 0.1) is 12.1 Å². The number of carbonyl (C=O) groups is 1. The minimum absolute atomic E-state index is 0.0846. The highest BCUT2D eigenvalue weighted by atomic mass is 35.5. The second-order valence-corrected chi connectivity index (χ2v) is 5.78. The predicted molar refractivity (Wildman–Crippen MR) is 95.1 cm³/mol. The van der Waals surface area contributed by atoms with Crippen molar-refractivity contribution < 1.29 is 9.90 Å². The average Bonchev–Trinajstić information content (AvgIpc) is 2.59. The maximum atomic E-state index is 12.3. The van der Waals surface area contributed by atoms with Crippen LogP contribution in [0.15, 0.2) is 65.7 Å². The molecule has 2 aromatic carbocycles. The molecule has 0 radical (unpaired) electrons. The molecule has 0 aliphatic rings. The number of nitrogens with zero attached hydrogens (tertiary/aromatic N) is 2. The Morgan fingerprint density at radius 1 is 1.20 bits per heavy atom. The van der Waals surface area contributed by atoms with Gasteiger partial charge in [-0.05, 0) is 42.0 Å². The second kappa shape index (κ2) is 7.19. The van der Waals surface area contributed by atoms with E-state index in [0.29, 0.717) is 17.3 Å². The van der Waals surface area contributed by atoms with Crippen LogP contribution in [0.3, 0.4) is 0 Å². The number of rotatable bonds is 4. The van der Waals surface area contributed by atoms with Crippen LogP contribution in [0.4, 0.5) is 5.69 Å². The summed E-state index contributed by atoms with van der Waals surface area (Å²) in [6, 6.07) is 13.0. The zero-order valence-corrected chi connectivity index (χ0v) is 13.8. The van der Waals surface area contributed by atoms with Crippen LogP contribution in [0.5, 0.6) is 5.75 Å². The van der Waals surface area contributed by atoms with E-state index < -0.39 is 5.91 Å². The molecule has 0 fully saturated rings. The summed E-state index contributed by atoms with van der Waals surface area (Å²) in [5, 5.41) is 12.9. The zero-order valence-electron chi connectivity index (χ0n) is 13.0. The third-order valence-corrected chi connectivity index (χ3v) is 3.76. The molecule has 0 aliphatic heterocycles. The first-order chi connectivity index (χ1) is 12.0. The molecule has 1 heterocycles. The SMILES string of the molecule is O=C(Nc1cccc(Cn2cccnc2=O)c1)c1cc(Cl)ccc1O. The van der Waals surface area contributed by atoms with E-state index in [9.17, 15) is 14.7 Å². The lowest BCUT2D eigenvalue weighted by Gasteiger charge is -2.10. The van der Waals surface area contributed by atoms with E-state index in [1.54, 1.807) is 30.5 Å². The third kappa shape index (κ3) is 4.05. The van der Waals surface area contributed by atoms with Crippen LogP contribution in [-0.2, 0) is 6.54 Å². The van der Waals surface area contributed by atoms with Gasteiger partial charge in [0.15, 0.2) is 0 Å². The van der Waals surface area contributed by atoms with Crippen molar-refractivity contribution in [3.05, 3.63) is 87.6 Å². The monoisotopic (exact) mass is 355 g/mol. The zero-order chi connectivity index (χ0) is 17.8. The van der Waals surface area contributed by atoms with Crippen LogP contribution in [-0.4, -0.2) is 20.6 Å². The summed E-state index contributed by atoms with van der Waals surface area (Å²) in [6.07, 6.45) is 3.08. The maximum absolute atomic E-state index is 12.3. The highest BCUT2D eigenvalue weighted by Gasteiger charge is 2.12. The van der Waals surface area contributed by atoms with Crippen LogP contribution in [0, 0.1) is 0 Å². The summed E-state index contributed by atoms with van der Waals surface area (Å²) in [4.78, 5) is 27.7. The molecule has 6 nitrogen and oxygen atoms in total. The van der Waals surface area contributed by atoms with Crippen molar-refractivity contribution in [3.8, 4) is 5.75 Å². The summed E-state index contributed by atoms with van der Waals surface area (Å²) in [6.45, 7) is 0.332. The standard InChI is InChI=1S/C18H14ClN3O3/c19-13-5-6-16(23)15(10-13)17(24)21-14-4-1-3-12(9-14)11-22-8-2-7-20-18(22)25/h1-10,23H,11H2,(H,21,24). The van der Waals surface area contributed by atoms with E-state index in [0.717, 1.165) is 5.56 Å². The highest BCUT2D eigenvalue weighted by molar-refractivity contribution is 6.31. The number of phenolic OH excluding ortho intramolecular Hbond substituents is 1. The number of aromatic hydroxyl groups is 1. The molecule has 0 saturated carbocycles. The number of carbonyl (C=O) groups excluding carboxylic acids is 1. The Morgan fingerprint density at radius 3 is 2.84 bits per heavy atom. The molecule has 0 saturated heterocycles. The molecular weight excluding hydrogens is 342 g/mol. The van der Waals surface area contributed by atoms with Gasteiger partial charge in [-0.15, -0.1) is 0 Å². The first-order valence-corrected chi connectivity index (χ1v) is 7.81. The smallest absolute Gasteiger partial charge is 0.347 e. The second-order valence-electron chi connectivity index (χ2n) is 5.35. The van der Waals surface area contributed by atoms with Gasteiger partial charge in [0, 0.05) is 23.1 Å². The number of anilines is 1. The Bertz CT molecular complexity index is 985. The van der Waals surface area contributed by atoms with Gasteiger partial charge in [-0.3, -0.25) is 9.36 Å². The molecule has 0 atom stereocenters. The van der Waals surface area contributed by atoms with Crippen molar-refractivity contribution in [2.45, 2.75) is 6.54 Å². The average molecular weight is 356 g/mol. The normalized spacial score (nSPS) is 10.4. The fourth-order valence-corrected chi connectivity index (χ4v) is 2.51. The van der Waals surface area contributed by atoms with Gasteiger partial charge in [0.2, 0.25) is 0 Å². The van der Waals surface area contributed by atoms with Gasteiger partial charge in [-0.25, -0.2) is 9.78 Å². The largest absolute Gasteiger partial charge is 0.507 e. The van der Waals surface area contributed by atoms with Gasteiger partial charge in [0.25, 0.3) is 5.91 Å². The van der Waals surface area contributed by atoms with Crippen molar-refractivity contribution in [2.75, 3.05) is 5.32 Å². The van der Waals surface area contributed by atoms with E-state index in [2.05, 4.69) is 10.3 Å². The number of halogens is 1. The molecule has 0 spiro atoms. The Hall–Kier alpha value is -3.12. The van der Waals surface area contributed by atoms with Crippen LogP contribution in [0.25, 0.3) is 0 Å². The van der Waals surface area contributed by atoms with E-state index in [1.807, 2.05) is 6.07 Å². The molecular formula is C18H14ClN3O3. The van der Waals surface area contributed by atoms with Crippen molar-refractivity contribution in [3.63, 3.8) is 0 Å². The number of nitrogens with one attached hydrogen (secondary N) is 1. The molecule has 1 amide bonds. The quantitative estimate of drug-likeness (QED) is 0.753. The first kappa shape index (κ1) is 16.7. The van der Waals surface area contributed by atoms with Gasteiger partial charge >= 0.3 is 5.69 Å². The van der Waals surface area contributed by atoms with Gasteiger partial charge < -0.3 is 10.4 Å². The fourth-order valence-electron chi connectivity index (χ4n) is 2.34. The Kier molecular flexibility index (Phi) is 4.81. The maximum Gasteiger partial charge on any atom is 0.347 e. The van der Waals surface area contributed by atoms with Gasteiger partial charge in [0.1, 0.15) is 5.75 Å². The molecule has 3 rings (SSSR count). The van der Waals surface area contributed by atoms with Crippen molar-refractivity contribution >= 4 is 23.2 Å². The number of hydrogen-bond acceptors (Lipinski definition) is 4. The van der Waals surface area contributed by atoms with Crippen LogP contribution in [0.1, 0.15) is 15.9 Å². The minimum atomic E-state index is -0.476. The number of phenols is 1. The first-order valence-electron chi connectivity index (χ1n) is 7.43. The topological polar surface area (TPSA) is 84.2 Å². The number of hydrogen-bond donors (Lipinski definition) is 2. The Morgan fingerprint density at radius 2 is 2.04 bits per heavy atom. The van der Waals surface area contributed by atoms with Crippen molar-refractivity contribution in [2.24, 2.45) is 0 Å². The fraction of sp³-hybridized carbons (Fsp3) is 0.0556. The van der Waals surface area contributed by atoms with Crippen LogP contribution < -0.4 is 11.0 Å². The van der Waals surface area contributed by atoms with Gasteiger partial charge in [-0.1, -0.05) is 23.7 Å². The summed E-state index contributed by atoms with van der Waals surface area (Å²) in [5.41, 5.74) is 1.10. The summed E-state index contributed by atoms with van der Waals surface area (Å²) in [7, 11) is 0. The Labute approximate surface area is 148 Å². The van der Waals surface area contributed by atoms with Crippen molar-refractivity contribution in [1.29, 1.82) is 0 Å². The molecule has 25 heavy (non-hydrogen) atoms. The number of aromatic nitrogens is 2. The summed E-state index contributed by atoms with van der Waals surface area (Å²) in [5.74, 6) is -0.629. The molecule has 0 unspecified atom stereocenters. The lowest BCUT2D eigenvalue weighted by atomic mass is 10.1. The predicted octanol–water partition coefficient (Wildman–Crippen LogP) is 2.90. The molecule has 0 bridgehead atoms. The third-order valence-electron chi connectivity index (χ3n) is 3.52.